The molecule has 1 amide bonds. The van der Waals surface area contributed by atoms with Crippen LogP contribution in [0, 0.1) is 0 Å². The van der Waals surface area contributed by atoms with E-state index in [1.54, 1.807) is 0 Å². The standard InChI is InChI=1S/C22H22BrN5OS/c1-15(2)13-28-21(18-9-11-19(23)12-10-18)26-27-22(28)30-14-20(29)25-24-16(3)17-7-5-4-6-8-17/h4-12H,1,13-14H2,2-3H3,(H,25,29). The summed E-state index contributed by atoms with van der Waals surface area (Å²) < 4.78 is 2.97. The zero-order chi connectivity index (χ0) is 21.5. The van der Waals surface area contributed by atoms with Gasteiger partial charge in [-0.2, -0.15) is 5.10 Å². The molecule has 154 valence electrons. The number of allylic oxidation sites excluding steroid dienone is 1. The number of thioether (sulfide) groups is 1. The molecule has 0 spiro atoms. The number of hydrogen-bond donors (Lipinski definition) is 1. The van der Waals surface area contributed by atoms with Crippen LogP contribution in [0.4, 0.5) is 0 Å². The fourth-order valence-electron chi connectivity index (χ4n) is 2.67. The Morgan fingerprint density at radius 3 is 2.50 bits per heavy atom. The Balaban J connectivity index is 1.69. The predicted octanol–water partition coefficient (Wildman–Crippen LogP) is 4.92. The van der Waals surface area contributed by atoms with E-state index in [2.05, 4.69) is 43.2 Å². The highest BCUT2D eigenvalue weighted by atomic mass is 79.9. The van der Waals surface area contributed by atoms with Gasteiger partial charge in [0.15, 0.2) is 11.0 Å². The van der Waals surface area contributed by atoms with Gasteiger partial charge < -0.3 is 0 Å². The van der Waals surface area contributed by atoms with Crippen LogP contribution < -0.4 is 5.43 Å². The van der Waals surface area contributed by atoms with E-state index in [0.29, 0.717) is 11.7 Å². The van der Waals surface area contributed by atoms with Gasteiger partial charge in [0.05, 0.1) is 11.5 Å². The number of amides is 1. The zero-order valence-electron chi connectivity index (χ0n) is 16.8. The number of aromatic nitrogens is 3. The molecule has 2 aromatic carbocycles. The first-order valence-corrected chi connectivity index (χ1v) is 11.1. The Labute approximate surface area is 188 Å². The second kappa shape index (κ2) is 10.4. The average molecular weight is 484 g/mol. The second-order valence-electron chi connectivity index (χ2n) is 6.74. The van der Waals surface area contributed by atoms with Crippen molar-refractivity contribution in [2.75, 3.05) is 5.75 Å². The SMILES string of the molecule is C=C(C)Cn1c(SCC(=O)NN=C(C)c2ccccc2)nnc1-c1ccc(Br)cc1. The summed E-state index contributed by atoms with van der Waals surface area (Å²) in [6, 6.07) is 17.6. The van der Waals surface area contributed by atoms with Crippen molar-refractivity contribution in [2.45, 2.75) is 25.5 Å². The van der Waals surface area contributed by atoms with Crippen molar-refractivity contribution in [2.24, 2.45) is 5.10 Å². The molecule has 3 rings (SSSR count). The summed E-state index contributed by atoms with van der Waals surface area (Å²) in [4.78, 5) is 12.3. The number of benzene rings is 2. The molecule has 0 aliphatic rings. The van der Waals surface area contributed by atoms with Crippen molar-refractivity contribution in [3.05, 3.63) is 76.8 Å². The molecule has 0 fully saturated rings. The Kier molecular flexibility index (Phi) is 7.59. The highest BCUT2D eigenvalue weighted by Gasteiger charge is 2.16. The number of halogens is 1. The van der Waals surface area contributed by atoms with Crippen LogP contribution >= 0.6 is 27.7 Å². The molecule has 3 aromatic rings. The monoisotopic (exact) mass is 483 g/mol. The number of nitrogens with one attached hydrogen (secondary N) is 1. The van der Waals surface area contributed by atoms with Crippen LogP contribution in [0.2, 0.25) is 0 Å². The molecule has 6 nitrogen and oxygen atoms in total. The smallest absolute Gasteiger partial charge is 0.250 e. The molecule has 1 aromatic heterocycles. The first-order chi connectivity index (χ1) is 14.4. The molecule has 0 aliphatic heterocycles. The van der Waals surface area contributed by atoms with E-state index < -0.39 is 0 Å². The summed E-state index contributed by atoms with van der Waals surface area (Å²) in [5.74, 6) is 0.719. The van der Waals surface area contributed by atoms with E-state index in [4.69, 9.17) is 0 Å². The molecule has 0 unspecified atom stereocenters. The Bertz CT molecular complexity index is 1060. The quantitative estimate of drug-likeness (QED) is 0.213. The summed E-state index contributed by atoms with van der Waals surface area (Å²) in [5.41, 5.74) is 6.24. The van der Waals surface area contributed by atoms with Gasteiger partial charge in [-0.3, -0.25) is 9.36 Å². The third-order valence-corrected chi connectivity index (χ3v) is 5.61. The molecule has 0 saturated carbocycles. The Morgan fingerprint density at radius 1 is 1.13 bits per heavy atom. The predicted molar refractivity (Wildman–Crippen MR) is 125 cm³/mol. The normalized spacial score (nSPS) is 11.4. The van der Waals surface area contributed by atoms with Gasteiger partial charge in [0, 0.05) is 16.6 Å². The van der Waals surface area contributed by atoms with Crippen LogP contribution in [0.1, 0.15) is 19.4 Å². The number of hydrazone groups is 1. The van der Waals surface area contributed by atoms with E-state index in [9.17, 15) is 4.79 Å². The van der Waals surface area contributed by atoms with Gasteiger partial charge >= 0.3 is 0 Å². The van der Waals surface area contributed by atoms with E-state index in [1.165, 1.54) is 11.8 Å². The molecule has 30 heavy (non-hydrogen) atoms. The van der Waals surface area contributed by atoms with Gasteiger partial charge in [0.1, 0.15) is 0 Å². The minimum absolute atomic E-state index is 0.181. The van der Waals surface area contributed by atoms with Crippen LogP contribution in [0.15, 0.2) is 81.5 Å². The highest BCUT2D eigenvalue weighted by Crippen LogP contribution is 2.26. The van der Waals surface area contributed by atoms with Gasteiger partial charge in [-0.05, 0) is 31.5 Å². The highest BCUT2D eigenvalue weighted by molar-refractivity contribution is 9.10. The minimum Gasteiger partial charge on any atom is -0.298 e. The van der Waals surface area contributed by atoms with Crippen molar-refractivity contribution < 1.29 is 4.79 Å². The molecule has 1 N–H and O–H groups in total. The first-order valence-electron chi connectivity index (χ1n) is 9.29. The molecular formula is C22H22BrN5OS. The topological polar surface area (TPSA) is 72.2 Å². The van der Waals surface area contributed by atoms with Crippen LogP contribution in [0.25, 0.3) is 11.4 Å². The Hall–Kier alpha value is -2.71. The van der Waals surface area contributed by atoms with Crippen LogP contribution in [0.5, 0.6) is 0 Å². The molecule has 0 atom stereocenters. The molecule has 0 aliphatic carbocycles. The van der Waals surface area contributed by atoms with Gasteiger partial charge in [-0.15, -0.1) is 10.2 Å². The van der Waals surface area contributed by atoms with Crippen LogP contribution in [-0.2, 0) is 11.3 Å². The third-order valence-electron chi connectivity index (χ3n) is 4.12. The minimum atomic E-state index is -0.203. The molecule has 0 saturated heterocycles. The number of carbonyl (C=O) groups excluding carboxylic acids is 1. The maximum Gasteiger partial charge on any atom is 0.250 e. The second-order valence-corrected chi connectivity index (χ2v) is 8.60. The van der Waals surface area contributed by atoms with Gasteiger partial charge in [0.25, 0.3) is 5.91 Å². The number of hydrogen-bond acceptors (Lipinski definition) is 5. The summed E-state index contributed by atoms with van der Waals surface area (Å²) in [7, 11) is 0. The molecule has 0 bridgehead atoms. The van der Waals surface area contributed by atoms with E-state index in [1.807, 2.05) is 73.0 Å². The maximum absolute atomic E-state index is 12.3. The van der Waals surface area contributed by atoms with Crippen molar-refractivity contribution in [1.29, 1.82) is 0 Å². The van der Waals surface area contributed by atoms with E-state index in [-0.39, 0.29) is 11.7 Å². The molecule has 0 radical (unpaired) electrons. The lowest BCUT2D eigenvalue weighted by Crippen LogP contribution is -2.21. The van der Waals surface area contributed by atoms with Gasteiger partial charge in [-0.25, -0.2) is 5.43 Å². The molecular weight excluding hydrogens is 462 g/mol. The largest absolute Gasteiger partial charge is 0.298 e. The van der Waals surface area contributed by atoms with Crippen molar-refractivity contribution in [1.82, 2.24) is 20.2 Å². The fourth-order valence-corrected chi connectivity index (χ4v) is 3.67. The summed E-state index contributed by atoms with van der Waals surface area (Å²) in [6.07, 6.45) is 0. The molecule has 1 heterocycles. The number of carbonyl (C=O) groups is 1. The van der Waals surface area contributed by atoms with Crippen LogP contribution in [0.3, 0.4) is 0 Å². The lowest BCUT2D eigenvalue weighted by Gasteiger charge is -2.10. The summed E-state index contributed by atoms with van der Waals surface area (Å²) in [5, 5.41) is 13.5. The van der Waals surface area contributed by atoms with Crippen molar-refractivity contribution >= 4 is 39.3 Å². The van der Waals surface area contributed by atoms with Crippen LogP contribution in [-0.4, -0.2) is 32.1 Å². The summed E-state index contributed by atoms with van der Waals surface area (Å²) >= 11 is 4.77. The van der Waals surface area contributed by atoms with Gasteiger partial charge in [0.2, 0.25) is 0 Å². The zero-order valence-corrected chi connectivity index (χ0v) is 19.2. The lowest BCUT2D eigenvalue weighted by atomic mass is 10.1. The lowest BCUT2D eigenvalue weighted by molar-refractivity contribution is -0.118. The summed E-state index contributed by atoms with van der Waals surface area (Å²) in [6.45, 7) is 8.39. The van der Waals surface area contributed by atoms with Crippen molar-refractivity contribution in [3.63, 3.8) is 0 Å². The first kappa shape index (κ1) is 22.0. The average Bonchev–Trinajstić information content (AvgIpc) is 3.13. The number of rotatable bonds is 8. The van der Waals surface area contributed by atoms with E-state index >= 15 is 0 Å². The Morgan fingerprint density at radius 2 is 1.83 bits per heavy atom. The fraction of sp³-hybridized carbons (Fsp3) is 0.182. The third kappa shape index (κ3) is 5.90. The maximum atomic E-state index is 12.3. The molecule has 8 heteroatoms. The van der Waals surface area contributed by atoms with Crippen molar-refractivity contribution in [3.8, 4) is 11.4 Å². The van der Waals surface area contributed by atoms with E-state index in [0.717, 1.165) is 32.7 Å². The van der Waals surface area contributed by atoms with Gasteiger partial charge in [-0.1, -0.05) is 82.3 Å². The number of nitrogens with zero attached hydrogens (tertiary/aromatic N) is 4.